The molecule has 1 aliphatic heterocycles. The summed E-state index contributed by atoms with van der Waals surface area (Å²) in [5.41, 5.74) is -0.0633. The van der Waals surface area contributed by atoms with Gasteiger partial charge in [-0.1, -0.05) is 34.6 Å². The average Bonchev–Trinajstić information content (AvgIpc) is 2.20. The van der Waals surface area contributed by atoms with Gasteiger partial charge in [-0.15, -0.1) is 0 Å². The van der Waals surface area contributed by atoms with Gasteiger partial charge < -0.3 is 4.90 Å². The fourth-order valence-corrected chi connectivity index (χ4v) is 2.39. The van der Waals surface area contributed by atoms with Gasteiger partial charge >= 0.3 is 0 Å². The number of carbonyl (C=O) groups excluding carboxylic acids is 1. The first kappa shape index (κ1) is 11.7. The molecule has 0 aromatic rings. The summed E-state index contributed by atoms with van der Waals surface area (Å²) in [6, 6.07) is 0. The number of hydrogen-bond donors (Lipinski definition) is 0. The van der Waals surface area contributed by atoms with Gasteiger partial charge in [0, 0.05) is 24.4 Å². The lowest BCUT2D eigenvalue weighted by Crippen LogP contribution is -2.36. The topological polar surface area (TPSA) is 20.3 Å². The van der Waals surface area contributed by atoms with Gasteiger partial charge in [0.05, 0.1) is 0 Å². The molecule has 0 saturated carbocycles. The summed E-state index contributed by atoms with van der Waals surface area (Å²) in [6.07, 6.45) is 0. The van der Waals surface area contributed by atoms with Crippen LogP contribution in [0.1, 0.15) is 34.6 Å². The van der Waals surface area contributed by atoms with Crippen LogP contribution in [-0.2, 0) is 4.79 Å². The summed E-state index contributed by atoms with van der Waals surface area (Å²) in [6.45, 7) is 12.4. The van der Waals surface area contributed by atoms with Crippen LogP contribution < -0.4 is 0 Å². The maximum Gasteiger partial charge on any atom is 0.143 e. The Morgan fingerprint density at radius 1 is 1.36 bits per heavy atom. The molecule has 14 heavy (non-hydrogen) atoms. The average molecular weight is 197 g/mol. The molecular formula is C12H23NO. The number of Topliss-reactive ketones (excluding diaryl/α,β-unsaturated/α-hetero) is 1. The second-order valence-corrected chi connectivity index (χ2v) is 6.35. The minimum absolute atomic E-state index is 0.138. The van der Waals surface area contributed by atoms with Crippen LogP contribution in [-0.4, -0.2) is 30.8 Å². The van der Waals surface area contributed by atoms with Crippen LogP contribution in [0, 0.1) is 16.7 Å². The number of likely N-dealkylation sites (tertiary alicyclic amines) is 1. The monoisotopic (exact) mass is 197 g/mol. The van der Waals surface area contributed by atoms with Crippen LogP contribution in [0.25, 0.3) is 0 Å². The van der Waals surface area contributed by atoms with Gasteiger partial charge in [-0.2, -0.15) is 0 Å². The molecule has 0 amide bonds. The Hall–Kier alpha value is -0.370. The first-order valence-corrected chi connectivity index (χ1v) is 5.37. The fraction of sp³-hybridized carbons (Fsp3) is 0.917. The molecule has 0 aromatic carbocycles. The lowest BCUT2D eigenvalue weighted by atomic mass is 9.72. The molecule has 0 bridgehead atoms. The molecule has 0 radical (unpaired) electrons. The summed E-state index contributed by atoms with van der Waals surface area (Å²) >= 11 is 0. The van der Waals surface area contributed by atoms with Crippen molar-refractivity contribution in [1.29, 1.82) is 0 Å². The van der Waals surface area contributed by atoms with Crippen molar-refractivity contribution in [3.05, 3.63) is 0 Å². The lowest BCUT2D eigenvalue weighted by molar-refractivity contribution is -0.132. The SMILES string of the molecule is CN1CC(C(=O)C(C)(C)C)C(C)(C)C1. The van der Waals surface area contributed by atoms with E-state index in [2.05, 4.69) is 25.8 Å². The van der Waals surface area contributed by atoms with Crippen molar-refractivity contribution in [3.63, 3.8) is 0 Å². The quantitative estimate of drug-likeness (QED) is 0.642. The number of carbonyl (C=O) groups is 1. The van der Waals surface area contributed by atoms with E-state index < -0.39 is 0 Å². The van der Waals surface area contributed by atoms with E-state index in [0.717, 1.165) is 13.1 Å². The van der Waals surface area contributed by atoms with Crippen molar-refractivity contribution in [2.75, 3.05) is 20.1 Å². The summed E-state index contributed by atoms with van der Waals surface area (Å²) in [5.74, 6) is 0.611. The van der Waals surface area contributed by atoms with E-state index >= 15 is 0 Å². The van der Waals surface area contributed by atoms with Crippen LogP contribution in [0.5, 0.6) is 0 Å². The van der Waals surface area contributed by atoms with Crippen LogP contribution in [0.4, 0.5) is 0 Å². The molecule has 0 aliphatic carbocycles. The van der Waals surface area contributed by atoms with Crippen LogP contribution >= 0.6 is 0 Å². The zero-order valence-electron chi connectivity index (χ0n) is 10.3. The minimum Gasteiger partial charge on any atom is -0.305 e. The molecule has 1 heterocycles. The molecule has 0 spiro atoms. The Kier molecular flexibility index (Phi) is 2.79. The van der Waals surface area contributed by atoms with Gasteiger partial charge in [-0.25, -0.2) is 0 Å². The molecule has 82 valence electrons. The van der Waals surface area contributed by atoms with E-state index in [1.165, 1.54) is 0 Å². The first-order valence-electron chi connectivity index (χ1n) is 5.37. The molecule has 2 nitrogen and oxygen atoms in total. The highest BCUT2D eigenvalue weighted by molar-refractivity contribution is 5.87. The predicted molar refractivity (Wildman–Crippen MR) is 59.2 cm³/mol. The van der Waals surface area contributed by atoms with Crippen LogP contribution in [0.3, 0.4) is 0 Å². The van der Waals surface area contributed by atoms with E-state index in [0.29, 0.717) is 5.78 Å². The van der Waals surface area contributed by atoms with E-state index in [9.17, 15) is 4.79 Å². The van der Waals surface area contributed by atoms with E-state index in [1.807, 2.05) is 20.8 Å². The maximum atomic E-state index is 12.2. The molecule has 1 unspecified atom stereocenters. The maximum absolute atomic E-state index is 12.2. The van der Waals surface area contributed by atoms with Gasteiger partial charge in [0.1, 0.15) is 5.78 Å². The van der Waals surface area contributed by atoms with Crippen molar-refractivity contribution < 1.29 is 4.79 Å². The van der Waals surface area contributed by atoms with E-state index in [-0.39, 0.29) is 16.7 Å². The molecule has 1 saturated heterocycles. The Bertz CT molecular complexity index is 237. The Morgan fingerprint density at radius 3 is 2.14 bits per heavy atom. The number of rotatable bonds is 1. The number of ketones is 1. The third-order valence-electron chi connectivity index (χ3n) is 3.17. The zero-order valence-corrected chi connectivity index (χ0v) is 10.3. The fourth-order valence-electron chi connectivity index (χ4n) is 2.39. The number of nitrogens with zero attached hydrogens (tertiary/aromatic N) is 1. The van der Waals surface area contributed by atoms with E-state index in [1.54, 1.807) is 0 Å². The molecule has 0 aromatic heterocycles. The molecule has 1 atom stereocenters. The highest BCUT2D eigenvalue weighted by Crippen LogP contribution is 2.38. The van der Waals surface area contributed by atoms with Crippen LogP contribution in [0.15, 0.2) is 0 Å². The first-order chi connectivity index (χ1) is 6.14. The van der Waals surface area contributed by atoms with Crippen molar-refractivity contribution in [2.24, 2.45) is 16.7 Å². The summed E-state index contributed by atoms with van der Waals surface area (Å²) in [5, 5.41) is 0. The van der Waals surface area contributed by atoms with Crippen molar-refractivity contribution in [2.45, 2.75) is 34.6 Å². The van der Waals surface area contributed by atoms with Crippen LogP contribution in [0.2, 0.25) is 0 Å². The van der Waals surface area contributed by atoms with Gasteiger partial charge in [0.2, 0.25) is 0 Å². The summed E-state index contributed by atoms with van der Waals surface area (Å²) in [7, 11) is 2.09. The van der Waals surface area contributed by atoms with E-state index in [4.69, 9.17) is 0 Å². The second kappa shape index (κ2) is 3.34. The van der Waals surface area contributed by atoms with Gasteiger partial charge in [0.25, 0.3) is 0 Å². The Labute approximate surface area is 87.7 Å². The molecule has 1 fully saturated rings. The van der Waals surface area contributed by atoms with Gasteiger partial charge in [-0.3, -0.25) is 4.79 Å². The third kappa shape index (κ3) is 2.17. The zero-order chi connectivity index (χ0) is 11.1. The third-order valence-corrected chi connectivity index (χ3v) is 3.17. The van der Waals surface area contributed by atoms with Crippen molar-refractivity contribution >= 4 is 5.78 Å². The van der Waals surface area contributed by atoms with Crippen molar-refractivity contribution in [1.82, 2.24) is 4.90 Å². The Morgan fingerprint density at radius 2 is 1.86 bits per heavy atom. The number of hydrogen-bond acceptors (Lipinski definition) is 2. The summed E-state index contributed by atoms with van der Waals surface area (Å²) < 4.78 is 0. The standard InChI is InChI=1S/C12H23NO/c1-11(2,3)10(14)9-7-13(6)8-12(9,4)5/h9H,7-8H2,1-6H3. The predicted octanol–water partition coefficient (Wildman–Crippen LogP) is 2.19. The smallest absolute Gasteiger partial charge is 0.143 e. The minimum atomic E-state index is -0.201. The molecule has 0 N–H and O–H groups in total. The Balaban J connectivity index is 2.84. The van der Waals surface area contributed by atoms with Gasteiger partial charge in [-0.05, 0) is 12.5 Å². The molecular weight excluding hydrogens is 174 g/mol. The van der Waals surface area contributed by atoms with Gasteiger partial charge in [0.15, 0.2) is 0 Å². The normalized spacial score (nSPS) is 28.0. The summed E-state index contributed by atoms with van der Waals surface area (Å²) in [4.78, 5) is 14.5. The molecule has 1 rings (SSSR count). The molecule has 2 heteroatoms. The lowest BCUT2D eigenvalue weighted by Gasteiger charge is -2.30. The second-order valence-electron chi connectivity index (χ2n) is 6.35. The highest BCUT2D eigenvalue weighted by atomic mass is 16.1. The highest BCUT2D eigenvalue weighted by Gasteiger charge is 2.44. The van der Waals surface area contributed by atoms with Crippen molar-refractivity contribution in [3.8, 4) is 0 Å². The largest absolute Gasteiger partial charge is 0.305 e. The molecule has 1 aliphatic rings.